The van der Waals surface area contributed by atoms with E-state index in [-0.39, 0.29) is 11.7 Å². The van der Waals surface area contributed by atoms with Gasteiger partial charge in [-0.3, -0.25) is 9.52 Å². The number of nitrogens with zero attached hydrogens (tertiary/aromatic N) is 4. The summed E-state index contributed by atoms with van der Waals surface area (Å²) in [5, 5.41) is 7.86. The normalized spacial score (nSPS) is 13.8. The Morgan fingerprint density at radius 3 is 2.69 bits per heavy atom. The number of para-hydroxylation sites is 1. The topological polar surface area (TPSA) is 118 Å². The van der Waals surface area contributed by atoms with Crippen LogP contribution in [0.4, 0.5) is 23.0 Å². The number of carbonyl (C=O) groups is 1. The van der Waals surface area contributed by atoms with Gasteiger partial charge in [0.25, 0.3) is 0 Å². The van der Waals surface area contributed by atoms with Crippen molar-refractivity contribution < 1.29 is 17.9 Å². The van der Waals surface area contributed by atoms with E-state index in [1.807, 2.05) is 36.4 Å². The van der Waals surface area contributed by atoms with Crippen molar-refractivity contribution in [2.45, 2.75) is 19.8 Å². The quantitative estimate of drug-likeness (QED) is 0.370. The lowest BCUT2D eigenvalue weighted by atomic mass is 10.1. The minimum absolute atomic E-state index is 0.0284. The molecule has 0 aliphatic carbocycles. The van der Waals surface area contributed by atoms with Crippen molar-refractivity contribution in [1.82, 2.24) is 14.6 Å². The number of fused-ring (bicyclic) bond motifs is 1. The minimum atomic E-state index is -3.45. The molecule has 2 N–H and O–H groups in total. The monoisotopic (exact) mass is 506 g/mol. The average Bonchev–Trinajstić information content (AvgIpc) is 3.50. The van der Waals surface area contributed by atoms with Gasteiger partial charge in [0.05, 0.1) is 41.6 Å². The summed E-state index contributed by atoms with van der Waals surface area (Å²) in [6.45, 7) is 2.24. The predicted molar refractivity (Wildman–Crippen MR) is 139 cm³/mol. The number of aromatic nitrogens is 3. The maximum Gasteiger partial charge on any atom is 0.245 e. The number of hydrogen-bond donors (Lipinski definition) is 2. The Labute approximate surface area is 209 Å². The van der Waals surface area contributed by atoms with Crippen LogP contribution >= 0.6 is 0 Å². The second-order valence-electron chi connectivity index (χ2n) is 8.35. The van der Waals surface area contributed by atoms with Crippen molar-refractivity contribution in [2.24, 2.45) is 0 Å². The molecule has 11 heteroatoms. The summed E-state index contributed by atoms with van der Waals surface area (Å²) >= 11 is 0. The zero-order valence-electron chi connectivity index (χ0n) is 19.9. The number of anilines is 4. The third-order valence-electron chi connectivity index (χ3n) is 6.05. The Bertz CT molecular complexity index is 1550. The van der Waals surface area contributed by atoms with E-state index < -0.39 is 10.0 Å². The van der Waals surface area contributed by atoms with Gasteiger partial charge in [0.15, 0.2) is 0 Å². The number of carbonyl (C=O) groups excluding carboxylic acids is 1. The van der Waals surface area contributed by atoms with Crippen LogP contribution in [0.25, 0.3) is 16.8 Å². The Hall–Kier alpha value is -4.12. The lowest BCUT2D eigenvalue weighted by Gasteiger charge is -2.20. The molecule has 1 fully saturated rings. The molecule has 0 atom stereocenters. The zero-order valence-corrected chi connectivity index (χ0v) is 20.7. The third kappa shape index (κ3) is 4.57. The van der Waals surface area contributed by atoms with Gasteiger partial charge in [0.1, 0.15) is 5.75 Å². The van der Waals surface area contributed by atoms with Gasteiger partial charge in [-0.25, -0.2) is 17.9 Å². The van der Waals surface area contributed by atoms with Crippen LogP contribution in [0.2, 0.25) is 0 Å². The fraction of sp³-hybridized carbons (Fsp3) is 0.240. The summed E-state index contributed by atoms with van der Waals surface area (Å²) in [4.78, 5) is 18.5. The highest BCUT2D eigenvalue weighted by Gasteiger charge is 2.25. The molecule has 1 aliphatic heterocycles. The van der Waals surface area contributed by atoms with Crippen molar-refractivity contribution in [3.05, 3.63) is 60.8 Å². The van der Waals surface area contributed by atoms with Crippen molar-refractivity contribution in [1.29, 1.82) is 0 Å². The zero-order chi connectivity index (χ0) is 25.3. The van der Waals surface area contributed by atoms with Crippen LogP contribution in [0, 0.1) is 0 Å². The second-order valence-corrected chi connectivity index (χ2v) is 10.4. The highest BCUT2D eigenvalue weighted by molar-refractivity contribution is 7.92. The van der Waals surface area contributed by atoms with Crippen molar-refractivity contribution in [3.63, 3.8) is 0 Å². The Kier molecular flexibility index (Phi) is 6.23. The molecular weight excluding hydrogens is 480 g/mol. The van der Waals surface area contributed by atoms with Crippen molar-refractivity contribution >= 4 is 44.5 Å². The van der Waals surface area contributed by atoms with E-state index in [1.54, 1.807) is 47.8 Å². The summed E-state index contributed by atoms with van der Waals surface area (Å²) in [6, 6.07) is 16.4. The fourth-order valence-corrected chi connectivity index (χ4v) is 4.87. The highest BCUT2D eigenvalue weighted by atomic mass is 32.2. The molecule has 0 radical (unpaired) electrons. The largest absolute Gasteiger partial charge is 0.495 e. The number of amides is 1. The third-order valence-corrected chi connectivity index (χ3v) is 7.34. The number of hydrogen-bond acceptors (Lipinski definition) is 7. The van der Waals surface area contributed by atoms with Crippen LogP contribution < -0.4 is 19.7 Å². The molecule has 0 bridgehead atoms. The van der Waals surface area contributed by atoms with Crippen LogP contribution in [0.3, 0.4) is 0 Å². The van der Waals surface area contributed by atoms with Gasteiger partial charge in [-0.1, -0.05) is 18.2 Å². The molecule has 2 aromatic carbocycles. The van der Waals surface area contributed by atoms with Gasteiger partial charge in [-0.05, 0) is 49.7 Å². The first-order valence-electron chi connectivity index (χ1n) is 11.6. The molecular formula is C25H26N6O4S. The molecule has 1 aliphatic rings. The van der Waals surface area contributed by atoms with E-state index >= 15 is 0 Å². The molecule has 2 aromatic heterocycles. The maximum absolute atomic E-state index is 12.3. The van der Waals surface area contributed by atoms with Crippen LogP contribution in [-0.4, -0.2) is 48.3 Å². The first-order valence-corrected chi connectivity index (χ1v) is 13.2. The number of benzene rings is 2. The lowest BCUT2D eigenvalue weighted by molar-refractivity contribution is -0.117. The van der Waals surface area contributed by atoms with Gasteiger partial charge in [-0.2, -0.15) is 0 Å². The summed E-state index contributed by atoms with van der Waals surface area (Å²) in [5.74, 6) is 0.998. The smallest absolute Gasteiger partial charge is 0.245 e. The van der Waals surface area contributed by atoms with Gasteiger partial charge in [-0.15, -0.1) is 5.10 Å². The molecule has 10 nitrogen and oxygen atoms in total. The Morgan fingerprint density at radius 1 is 1.11 bits per heavy atom. The van der Waals surface area contributed by atoms with Crippen molar-refractivity contribution in [3.8, 4) is 17.0 Å². The fourth-order valence-electron chi connectivity index (χ4n) is 4.21. The van der Waals surface area contributed by atoms with Gasteiger partial charge >= 0.3 is 0 Å². The van der Waals surface area contributed by atoms with E-state index in [2.05, 4.69) is 20.1 Å². The van der Waals surface area contributed by atoms with E-state index in [0.29, 0.717) is 53.0 Å². The molecule has 0 unspecified atom stereocenters. The lowest BCUT2D eigenvalue weighted by Crippen LogP contribution is -2.24. The molecule has 36 heavy (non-hydrogen) atoms. The first-order chi connectivity index (χ1) is 17.4. The van der Waals surface area contributed by atoms with Crippen LogP contribution in [0.1, 0.15) is 19.8 Å². The maximum atomic E-state index is 12.3. The molecule has 3 heterocycles. The molecule has 0 saturated carbocycles. The molecule has 5 rings (SSSR count). The number of sulfonamides is 1. The molecule has 186 valence electrons. The van der Waals surface area contributed by atoms with E-state index in [1.165, 1.54) is 0 Å². The van der Waals surface area contributed by atoms with Crippen LogP contribution in [-0.2, 0) is 14.8 Å². The van der Waals surface area contributed by atoms with Gasteiger partial charge < -0.3 is 15.0 Å². The Balaban J connectivity index is 1.50. The number of ether oxygens (including phenoxy) is 1. The summed E-state index contributed by atoms with van der Waals surface area (Å²) < 4.78 is 34.3. The summed E-state index contributed by atoms with van der Waals surface area (Å²) in [7, 11) is -1.87. The molecule has 1 amide bonds. The summed E-state index contributed by atoms with van der Waals surface area (Å²) in [6.07, 6.45) is 3.02. The number of methoxy groups -OCH3 is 1. The average molecular weight is 507 g/mol. The molecule has 1 saturated heterocycles. The van der Waals surface area contributed by atoms with Crippen LogP contribution in [0.15, 0.2) is 60.8 Å². The number of nitrogens with one attached hydrogen (secondary N) is 2. The molecule has 0 spiro atoms. The number of rotatable bonds is 8. The van der Waals surface area contributed by atoms with Crippen molar-refractivity contribution in [2.75, 3.05) is 34.3 Å². The van der Waals surface area contributed by atoms with Crippen LogP contribution in [0.5, 0.6) is 5.75 Å². The standard InChI is InChI=1S/C25H26N6O4S/c1-3-36(33,34)29-20-8-5-4-7-19(20)21-12-11-18-16-26-25(28-31(18)21)27-17-10-13-23(35-2)22(15-17)30-14-6-9-24(30)32/h4-5,7-8,10-13,15-16,29H,3,6,9,14H2,1-2H3,(H,27,28). The minimum Gasteiger partial charge on any atom is -0.495 e. The van der Waals surface area contributed by atoms with E-state index in [0.717, 1.165) is 11.9 Å². The summed E-state index contributed by atoms with van der Waals surface area (Å²) in [5.41, 5.74) is 4.03. The second kappa shape index (κ2) is 9.50. The highest BCUT2D eigenvalue weighted by Crippen LogP contribution is 2.35. The van der Waals surface area contributed by atoms with Gasteiger partial charge in [0.2, 0.25) is 21.9 Å². The van der Waals surface area contributed by atoms with E-state index in [9.17, 15) is 13.2 Å². The Morgan fingerprint density at radius 2 is 1.94 bits per heavy atom. The predicted octanol–water partition coefficient (Wildman–Crippen LogP) is 4.04. The van der Waals surface area contributed by atoms with Gasteiger partial charge in [0, 0.05) is 24.2 Å². The molecule has 4 aromatic rings. The SMILES string of the molecule is CCS(=O)(=O)Nc1ccccc1-c1ccc2cnc(Nc3ccc(OC)c(N4CCCC4=O)c3)nn12. The van der Waals surface area contributed by atoms with E-state index in [4.69, 9.17) is 4.74 Å². The first kappa shape index (κ1) is 23.6.